The van der Waals surface area contributed by atoms with Crippen molar-refractivity contribution in [1.82, 2.24) is 29.9 Å². The zero-order chi connectivity index (χ0) is 44.9. The van der Waals surface area contributed by atoms with Gasteiger partial charge in [0.05, 0.1) is 28.3 Å². The van der Waals surface area contributed by atoms with Gasteiger partial charge in [0.25, 0.3) is 10.1 Å². The lowest BCUT2D eigenvalue weighted by atomic mass is 10.0. The highest BCUT2D eigenvalue weighted by molar-refractivity contribution is 7.94. The van der Waals surface area contributed by atoms with Crippen molar-refractivity contribution < 1.29 is 27.6 Å². The number of hydrogen-bond acceptors (Lipinski definition) is 18. The molecule has 0 aliphatic carbocycles. The summed E-state index contributed by atoms with van der Waals surface area (Å²) in [4.78, 5) is 27.5. The number of benzene rings is 6. The molecule has 0 bridgehead atoms. The molecule has 0 spiro atoms. The number of nitrogens with one attached hydrogen (secondary N) is 6. The van der Waals surface area contributed by atoms with E-state index in [1.165, 1.54) is 18.2 Å². The van der Waals surface area contributed by atoms with Crippen LogP contribution in [0.2, 0.25) is 0 Å². The minimum Gasteiger partial charge on any atom is -0.350 e. The van der Waals surface area contributed by atoms with E-state index >= 15 is 0 Å². The predicted octanol–water partition coefficient (Wildman–Crippen LogP) is 9.52. The molecule has 0 atom stereocenters. The van der Waals surface area contributed by atoms with Crippen LogP contribution in [0.1, 0.15) is 22.3 Å². The van der Waals surface area contributed by atoms with E-state index in [1.54, 1.807) is 12.1 Å². The Morgan fingerprint density at radius 3 is 1.35 bits per heavy atom. The number of nitrogens with zero attached hydrogens (tertiary/aromatic N) is 6. The van der Waals surface area contributed by atoms with Gasteiger partial charge in [0.1, 0.15) is 4.90 Å². The molecule has 6 aromatic carbocycles. The highest BCUT2D eigenvalue weighted by Gasteiger charge is 2.17. The van der Waals surface area contributed by atoms with E-state index < -0.39 is 10.1 Å². The largest absolute Gasteiger partial charge is 0.350 e. The highest BCUT2D eigenvalue weighted by atomic mass is 32.2. The van der Waals surface area contributed by atoms with Gasteiger partial charge in [0.2, 0.25) is 35.7 Å². The first-order valence-electron chi connectivity index (χ1n) is 19.9. The first-order valence-corrected chi connectivity index (χ1v) is 22.0. The van der Waals surface area contributed by atoms with Crippen molar-refractivity contribution >= 4 is 80.6 Å². The fourth-order valence-corrected chi connectivity index (χ4v) is 7.41. The topological polar surface area (TPSA) is 243 Å². The molecule has 0 saturated heterocycles. The highest BCUT2D eigenvalue weighted by Crippen LogP contribution is 2.30. The lowest BCUT2D eigenvalue weighted by Gasteiger charge is -2.13. The standard InChI is InChI=1S/C45H40N12O6S2/c58-62-63-64-38-17-9-7-15-36(38)50-44-54-40(52-42(56-44)48-34-11-3-1-4-12-34)46-28-32-23-19-30(20-24-32)27-31-21-25-33(26-22-31)29-47-41-53-43(49-35-13-5-2-6-14-35)57-45(55-41)51-37-16-8-10-18-39(37)65(59,60)61/h1-26,58H,27-29H2,(H,59,60,61)(H3,46,48,50,52,54,56)(H3,47,49,51,53,55,57). The molecule has 18 nitrogen and oxygen atoms in total. The van der Waals surface area contributed by atoms with Gasteiger partial charge in [0.15, 0.2) is 0 Å². The zero-order valence-electron chi connectivity index (χ0n) is 34.2. The number of para-hydroxylation sites is 4. The summed E-state index contributed by atoms with van der Waals surface area (Å²) >= 11 is 0.823. The van der Waals surface area contributed by atoms with E-state index in [2.05, 4.69) is 108 Å². The normalized spacial score (nSPS) is 11.1. The van der Waals surface area contributed by atoms with Crippen molar-refractivity contribution in [3.8, 4) is 0 Å². The lowest BCUT2D eigenvalue weighted by Crippen LogP contribution is -2.11. The van der Waals surface area contributed by atoms with Crippen LogP contribution in [0.3, 0.4) is 0 Å². The number of hydrogen-bond donors (Lipinski definition) is 8. The third-order valence-electron chi connectivity index (χ3n) is 9.39. The van der Waals surface area contributed by atoms with E-state index in [-0.39, 0.29) is 34.4 Å². The Labute approximate surface area is 377 Å². The van der Waals surface area contributed by atoms with Gasteiger partial charge in [-0.25, -0.2) is 5.26 Å². The molecule has 0 aliphatic rings. The summed E-state index contributed by atoms with van der Waals surface area (Å²) in [6, 6.07) is 48.6. The first-order chi connectivity index (χ1) is 31.7. The minimum atomic E-state index is -4.51. The Balaban J connectivity index is 0.899. The van der Waals surface area contributed by atoms with E-state index in [0.29, 0.717) is 35.6 Å². The molecule has 0 aliphatic heterocycles. The molecule has 8 N–H and O–H groups in total. The average Bonchev–Trinajstić information content (AvgIpc) is 3.31. The maximum Gasteiger partial charge on any atom is 0.296 e. The smallest absolute Gasteiger partial charge is 0.296 e. The van der Waals surface area contributed by atoms with Crippen molar-refractivity contribution in [1.29, 1.82) is 0 Å². The number of anilines is 10. The second-order valence-electron chi connectivity index (χ2n) is 14.1. The van der Waals surface area contributed by atoms with Crippen LogP contribution < -0.4 is 31.9 Å². The van der Waals surface area contributed by atoms with Crippen LogP contribution in [0.15, 0.2) is 168 Å². The summed E-state index contributed by atoms with van der Waals surface area (Å²) in [5, 5.41) is 31.5. The summed E-state index contributed by atoms with van der Waals surface area (Å²) in [5.74, 6) is 1.47. The Kier molecular flexibility index (Phi) is 14.3. The van der Waals surface area contributed by atoms with E-state index in [4.69, 9.17) is 5.26 Å². The van der Waals surface area contributed by atoms with Crippen molar-refractivity contribution in [3.63, 3.8) is 0 Å². The van der Waals surface area contributed by atoms with Crippen LogP contribution in [0, 0.1) is 0 Å². The first kappa shape index (κ1) is 43.9. The second-order valence-corrected chi connectivity index (χ2v) is 16.2. The van der Waals surface area contributed by atoms with Gasteiger partial charge in [-0.2, -0.15) is 38.3 Å². The number of rotatable bonds is 20. The van der Waals surface area contributed by atoms with Crippen LogP contribution in [0.4, 0.5) is 58.4 Å². The summed E-state index contributed by atoms with van der Waals surface area (Å²) < 4.78 is 38.5. The van der Waals surface area contributed by atoms with Crippen LogP contribution in [0.25, 0.3) is 0 Å². The molecule has 0 unspecified atom stereocenters. The van der Waals surface area contributed by atoms with E-state index in [9.17, 15) is 13.0 Å². The van der Waals surface area contributed by atoms with Crippen LogP contribution in [-0.4, -0.2) is 48.1 Å². The van der Waals surface area contributed by atoms with Gasteiger partial charge in [0, 0.05) is 24.5 Å². The van der Waals surface area contributed by atoms with Crippen molar-refractivity contribution in [3.05, 3.63) is 180 Å². The Hall–Kier alpha value is -7.72. The van der Waals surface area contributed by atoms with Gasteiger partial charge in [-0.1, -0.05) is 114 Å². The SMILES string of the molecule is O=S(=O)(O)c1ccccc1Nc1nc(NCc2ccc(Cc3ccc(CNc4nc(Nc5ccccc5)nc(Nc5ccccc5SOOO)n4)cc3)cc2)nc(Nc2ccccc2)n1. The Bertz CT molecular complexity index is 2940. The predicted molar refractivity (Wildman–Crippen MR) is 249 cm³/mol. The van der Waals surface area contributed by atoms with Gasteiger partial charge in [-0.15, -0.1) is 4.33 Å². The van der Waals surface area contributed by atoms with Gasteiger partial charge >= 0.3 is 0 Å². The average molecular weight is 909 g/mol. The second kappa shape index (κ2) is 21.1. The van der Waals surface area contributed by atoms with Crippen LogP contribution >= 0.6 is 12.0 Å². The van der Waals surface area contributed by atoms with Gasteiger partial charge in [-0.3, -0.25) is 4.55 Å². The molecule has 20 heteroatoms. The fraction of sp³-hybridized carbons (Fsp3) is 0.0667. The molecule has 328 valence electrons. The lowest BCUT2D eigenvalue weighted by molar-refractivity contribution is -0.432. The van der Waals surface area contributed by atoms with Crippen molar-refractivity contribution in [2.75, 3.05) is 31.9 Å². The molecular weight excluding hydrogens is 869 g/mol. The molecule has 0 amide bonds. The van der Waals surface area contributed by atoms with E-state index in [1.807, 2.05) is 91.0 Å². The zero-order valence-corrected chi connectivity index (χ0v) is 35.8. The summed E-state index contributed by atoms with van der Waals surface area (Å²) in [5.41, 5.74) is 6.53. The Morgan fingerprint density at radius 1 is 0.462 bits per heavy atom. The molecule has 8 aromatic rings. The maximum absolute atomic E-state index is 12.0. The molecule has 2 aromatic heterocycles. The van der Waals surface area contributed by atoms with Gasteiger partial charge < -0.3 is 31.9 Å². The summed E-state index contributed by atoms with van der Waals surface area (Å²) in [6.07, 6.45) is 0.718. The van der Waals surface area contributed by atoms with Crippen molar-refractivity contribution in [2.45, 2.75) is 29.3 Å². The van der Waals surface area contributed by atoms with Crippen LogP contribution in [-0.2, 0) is 39.0 Å². The summed E-state index contributed by atoms with van der Waals surface area (Å²) in [6.45, 7) is 0.840. The minimum absolute atomic E-state index is 0.0623. The molecular formula is C45H40N12O6S2. The molecule has 0 radical (unpaired) electrons. The van der Waals surface area contributed by atoms with Crippen LogP contribution in [0.5, 0.6) is 0 Å². The molecule has 2 heterocycles. The molecule has 0 saturated carbocycles. The summed E-state index contributed by atoms with van der Waals surface area (Å²) in [7, 11) is -4.51. The van der Waals surface area contributed by atoms with Gasteiger partial charge in [-0.05, 0) is 77.2 Å². The monoisotopic (exact) mass is 908 g/mol. The molecule has 65 heavy (non-hydrogen) atoms. The third kappa shape index (κ3) is 12.7. The van der Waals surface area contributed by atoms with Crippen molar-refractivity contribution in [2.24, 2.45) is 0 Å². The Morgan fingerprint density at radius 2 is 0.862 bits per heavy atom. The molecule has 0 fully saturated rings. The maximum atomic E-state index is 12.0. The molecule has 8 rings (SSSR count). The fourth-order valence-electron chi connectivity index (χ4n) is 6.31. The quantitative estimate of drug-likeness (QED) is 0.0154. The number of aromatic nitrogens is 6. The van der Waals surface area contributed by atoms with E-state index in [0.717, 1.165) is 52.1 Å². The third-order valence-corrected chi connectivity index (χ3v) is 11.0.